The predicted octanol–water partition coefficient (Wildman–Crippen LogP) is 5.55. The lowest BCUT2D eigenvalue weighted by atomic mass is 10.2. The maximum Gasteiger partial charge on any atom is 0.266 e. The third-order valence-electron chi connectivity index (χ3n) is 4.65. The quantitative estimate of drug-likeness (QED) is 0.348. The molecule has 0 saturated carbocycles. The lowest BCUT2D eigenvalue weighted by Crippen LogP contribution is -2.22. The molecule has 27 heavy (non-hydrogen) atoms. The first-order valence-electron chi connectivity index (χ1n) is 8.94. The van der Waals surface area contributed by atoms with Crippen molar-refractivity contribution >= 4 is 22.7 Å². The molecule has 0 saturated heterocycles. The molecule has 1 heterocycles. The number of thioether (sulfide) groups is 1. The van der Waals surface area contributed by atoms with Crippen LogP contribution < -0.4 is 5.56 Å². The molecule has 134 valence electrons. The molecule has 1 atom stereocenters. The summed E-state index contributed by atoms with van der Waals surface area (Å²) in [6.07, 6.45) is 0. The van der Waals surface area contributed by atoms with E-state index in [9.17, 15) is 4.79 Å². The fraction of sp³-hybridized carbons (Fsp3) is 0.130. The molecular weight excluding hydrogens is 352 g/mol. The van der Waals surface area contributed by atoms with Crippen LogP contribution >= 0.6 is 11.8 Å². The van der Waals surface area contributed by atoms with Gasteiger partial charge < -0.3 is 0 Å². The van der Waals surface area contributed by atoms with Crippen LogP contribution in [-0.2, 0) is 0 Å². The Bertz CT molecular complexity index is 1150. The number of para-hydroxylation sites is 2. The highest BCUT2D eigenvalue weighted by Gasteiger charge is 2.17. The van der Waals surface area contributed by atoms with Gasteiger partial charge in [0.05, 0.1) is 16.6 Å². The lowest BCUT2D eigenvalue weighted by molar-refractivity contribution is 0.810. The number of rotatable bonds is 4. The molecule has 0 aliphatic carbocycles. The van der Waals surface area contributed by atoms with Crippen LogP contribution in [-0.4, -0.2) is 9.55 Å². The van der Waals surface area contributed by atoms with Crippen molar-refractivity contribution in [2.75, 3.05) is 0 Å². The molecule has 0 aliphatic rings. The molecule has 0 bridgehead atoms. The van der Waals surface area contributed by atoms with E-state index in [0.29, 0.717) is 10.5 Å². The Balaban J connectivity index is 1.92. The van der Waals surface area contributed by atoms with Crippen molar-refractivity contribution in [2.24, 2.45) is 0 Å². The number of fused-ring (bicyclic) bond motifs is 1. The van der Waals surface area contributed by atoms with Gasteiger partial charge in [0.25, 0.3) is 5.56 Å². The van der Waals surface area contributed by atoms with E-state index in [1.54, 1.807) is 16.3 Å². The topological polar surface area (TPSA) is 34.9 Å². The van der Waals surface area contributed by atoms with Gasteiger partial charge in [-0.1, -0.05) is 72.4 Å². The minimum Gasteiger partial charge on any atom is -0.268 e. The van der Waals surface area contributed by atoms with Gasteiger partial charge in [-0.2, -0.15) is 0 Å². The summed E-state index contributed by atoms with van der Waals surface area (Å²) in [5, 5.41) is 1.52. The van der Waals surface area contributed by atoms with Gasteiger partial charge in [-0.25, -0.2) is 4.98 Å². The monoisotopic (exact) mass is 372 g/mol. The summed E-state index contributed by atoms with van der Waals surface area (Å²) in [4.78, 5) is 18.2. The molecule has 4 aromatic rings. The molecular formula is C23H20N2OS. The number of aryl methyl sites for hydroxylation is 1. The number of nitrogens with zero attached hydrogens (tertiary/aromatic N) is 2. The van der Waals surface area contributed by atoms with Crippen molar-refractivity contribution in [3.05, 3.63) is 100 Å². The van der Waals surface area contributed by atoms with Crippen LogP contribution in [0.2, 0.25) is 0 Å². The summed E-state index contributed by atoms with van der Waals surface area (Å²) >= 11 is 1.61. The second kappa shape index (κ2) is 7.41. The van der Waals surface area contributed by atoms with E-state index >= 15 is 0 Å². The van der Waals surface area contributed by atoms with E-state index in [0.717, 1.165) is 16.8 Å². The minimum atomic E-state index is -0.0299. The second-order valence-corrected chi connectivity index (χ2v) is 7.82. The number of benzene rings is 3. The van der Waals surface area contributed by atoms with E-state index in [4.69, 9.17) is 4.98 Å². The molecule has 0 radical (unpaired) electrons. The predicted molar refractivity (Wildman–Crippen MR) is 113 cm³/mol. The highest BCUT2D eigenvalue weighted by Crippen LogP contribution is 2.35. The highest BCUT2D eigenvalue weighted by atomic mass is 32.2. The van der Waals surface area contributed by atoms with Gasteiger partial charge in [0.2, 0.25) is 0 Å². The summed E-state index contributed by atoms with van der Waals surface area (Å²) in [5.41, 5.74) is 3.84. The Morgan fingerprint density at radius 2 is 1.56 bits per heavy atom. The third-order valence-corrected chi connectivity index (χ3v) is 5.76. The van der Waals surface area contributed by atoms with Crippen LogP contribution in [0.25, 0.3) is 16.6 Å². The molecule has 1 aromatic heterocycles. The second-order valence-electron chi connectivity index (χ2n) is 6.51. The Kier molecular flexibility index (Phi) is 4.82. The van der Waals surface area contributed by atoms with E-state index in [1.165, 1.54) is 5.56 Å². The average Bonchev–Trinajstić information content (AvgIpc) is 2.70. The molecule has 0 fully saturated rings. The van der Waals surface area contributed by atoms with Crippen molar-refractivity contribution in [3.8, 4) is 5.69 Å². The zero-order valence-corrected chi connectivity index (χ0v) is 16.1. The summed E-state index contributed by atoms with van der Waals surface area (Å²) in [5.74, 6) is 0. The van der Waals surface area contributed by atoms with Gasteiger partial charge >= 0.3 is 0 Å². The lowest BCUT2D eigenvalue weighted by Gasteiger charge is -2.18. The van der Waals surface area contributed by atoms with Crippen molar-refractivity contribution in [1.82, 2.24) is 9.55 Å². The molecule has 3 aromatic carbocycles. The Hall–Kier alpha value is -2.85. The summed E-state index contributed by atoms with van der Waals surface area (Å²) < 4.78 is 1.75. The van der Waals surface area contributed by atoms with E-state index in [1.807, 2.05) is 73.7 Å². The third kappa shape index (κ3) is 3.40. The molecule has 0 aliphatic heterocycles. The van der Waals surface area contributed by atoms with E-state index in [2.05, 4.69) is 19.1 Å². The zero-order chi connectivity index (χ0) is 18.8. The standard InChI is InChI=1S/C23H20N2OS/c1-16-10-6-9-15-21(16)25-22(26)19-13-7-8-14-20(19)24-23(25)27-17(2)18-11-4-3-5-12-18/h3-15,17H,1-2H3/t17-/m0/s1. The van der Waals surface area contributed by atoms with Crippen LogP contribution in [0.4, 0.5) is 0 Å². The van der Waals surface area contributed by atoms with E-state index in [-0.39, 0.29) is 10.8 Å². The van der Waals surface area contributed by atoms with Gasteiger partial charge in [0.15, 0.2) is 5.16 Å². The molecule has 3 nitrogen and oxygen atoms in total. The highest BCUT2D eigenvalue weighted by molar-refractivity contribution is 7.99. The minimum absolute atomic E-state index is 0.0299. The van der Waals surface area contributed by atoms with Gasteiger partial charge in [-0.15, -0.1) is 0 Å². The maximum atomic E-state index is 13.3. The van der Waals surface area contributed by atoms with E-state index < -0.39 is 0 Å². The summed E-state index contributed by atoms with van der Waals surface area (Å²) in [6.45, 7) is 4.16. The number of hydrogen-bond donors (Lipinski definition) is 0. The number of hydrogen-bond acceptors (Lipinski definition) is 3. The van der Waals surface area contributed by atoms with Crippen LogP contribution in [0.1, 0.15) is 23.3 Å². The van der Waals surface area contributed by atoms with Crippen molar-refractivity contribution in [2.45, 2.75) is 24.3 Å². The summed E-state index contributed by atoms with van der Waals surface area (Å²) in [7, 11) is 0. The SMILES string of the molecule is Cc1ccccc1-n1c(S[C@@H](C)c2ccccc2)nc2ccccc2c1=O. The zero-order valence-electron chi connectivity index (χ0n) is 15.3. The van der Waals surface area contributed by atoms with Crippen LogP contribution in [0.5, 0.6) is 0 Å². The Morgan fingerprint density at radius 1 is 0.889 bits per heavy atom. The molecule has 4 rings (SSSR count). The largest absolute Gasteiger partial charge is 0.268 e. The molecule has 0 N–H and O–H groups in total. The van der Waals surface area contributed by atoms with Crippen LogP contribution in [0.15, 0.2) is 88.8 Å². The van der Waals surface area contributed by atoms with Gasteiger partial charge in [0, 0.05) is 5.25 Å². The number of aromatic nitrogens is 2. The first-order chi connectivity index (χ1) is 13.1. The first-order valence-corrected chi connectivity index (χ1v) is 9.82. The van der Waals surface area contributed by atoms with Crippen LogP contribution in [0.3, 0.4) is 0 Å². The normalized spacial score (nSPS) is 12.2. The Morgan fingerprint density at radius 3 is 2.33 bits per heavy atom. The Labute approximate surface area is 162 Å². The molecule has 0 unspecified atom stereocenters. The summed E-state index contributed by atoms with van der Waals surface area (Å²) in [6, 6.07) is 25.8. The van der Waals surface area contributed by atoms with Crippen molar-refractivity contribution < 1.29 is 0 Å². The smallest absolute Gasteiger partial charge is 0.266 e. The first kappa shape index (κ1) is 17.6. The van der Waals surface area contributed by atoms with Gasteiger partial charge in [0.1, 0.15) is 0 Å². The van der Waals surface area contributed by atoms with Gasteiger partial charge in [-0.3, -0.25) is 9.36 Å². The fourth-order valence-electron chi connectivity index (χ4n) is 3.17. The fourth-order valence-corrected chi connectivity index (χ4v) is 4.22. The maximum absolute atomic E-state index is 13.3. The molecule has 0 amide bonds. The van der Waals surface area contributed by atoms with Crippen molar-refractivity contribution in [1.29, 1.82) is 0 Å². The molecule has 0 spiro atoms. The van der Waals surface area contributed by atoms with Gasteiger partial charge in [-0.05, 0) is 43.2 Å². The van der Waals surface area contributed by atoms with Crippen LogP contribution in [0, 0.1) is 6.92 Å². The average molecular weight is 372 g/mol. The van der Waals surface area contributed by atoms with Crippen molar-refractivity contribution in [3.63, 3.8) is 0 Å². The molecule has 4 heteroatoms.